The summed E-state index contributed by atoms with van der Waals surface area (Å²) in [4.78, 5) is 27.4. The van der Waals surface area contributed by atoms with E-state index in [-0.39, 0.29) is 22.6 Å². The highest BCUT2D eigenvalue weighted by Gasteiger charge is 2.22. The third kappa shape index (κ3) is 3.53. The van der Waals surface area contributed by atoms with Gasteiger partial charge in [0.15, 0.2) is 0 Å². The lowest BCUT2D eigenvalue weighted by Crippen LogP contribution is -2.17. The van der Waals surface area contributed by atoms with Gasteiger partial charge in [-0.3, -0.25) is 14.9 Å². The smallest absolute Gasteiger partial charge is 0.293 e. The monoisotopic (exact) mass is 381 g/mol. The van der Waals surface area contributed by atoms with Crippen molar-refractivity contribution in [1.29, 1.82) is 0 Å². The molecular weight excluding hydrogens is 358 g/mol. The third-order valence-electron chi connectivity index (χ3n) is 4.51. The van der Waals surface area contributed by atoms with Crippen LogP contribution < -0.4 is 10.6 Å². The maximum Gasteiger partial charge on any atom is 0.293 e. The van der Waals surface area contributed by atoms with Crippen molar-refractivity contribution in [2.75, 3.05) is 12.4 Å². The van der Waals surface area contributed by atoms with Gasteiger partial charge in [0.05, 0.1) is 16.0 Å². The molecule has 1 amide bonds. The van der Waals surface area contributed by atoms with E-state index in [0.29, 0.717) is 11.4 Å². The first kappa shape index (κ1) is 19.3. The maximum atomic E-state index is 11.8. The summed E-state index contributed by atoms with van der Waals surface area (Å²) in [5.74, 6) is 0.583. The van der Waals surface area contributed by atoms with Gasteiger partial charge in [0.25, 0.3) is 11.6 Å². The molecule has 0 bridgehead atoms. The van der Waals surface area contributed by atoms with E-state index in [1.807, 2.05) is 25.2 Å². The molecule has 0 aliphatic rings. The van der Waals surface area contributed by atoms with Crippen molar-refractivity contribution in [2.24, 2.45) is 7.05 Å². The largest absolute Gasteiger partial charge is 0.355 e. The standard InChI is InChI=1S/C20H23N5O3/c1-20(2,3)19-23-15-11-13(7-9-16(15)24(19)5)22-14-8-6-12(18(26)21-4)10-17(14)25(27)28/h6-11,22H,1-5H3,(H,21,26). The maximum absolute atomic E-state index is 11.8. The molecular formula is C20H23N5O3. The van der Waals surface area contributed by atoms with Crippen LogP contribution in [0.3, 0.4) is 0 Å². The van der Waals surface area contributed by atoms with Crippen LogP contribution in [-0.2, 0) is 12.5 Å². The number of benzene rings is 2. The molecule has 0 aliphatic carbocycles. The number of aryl methyl sites for hydroxylation is 1. The summed E-state index contributed by atoms with van der Waals surface area (Å²) >= 11 is 0. The van der Waals surface area contributed by atoms with Gasteiger partial charge in [-0.1, -0.05) is 20.8 Å². The summed E-state index contributed by atoms with van der Waals surface area (Å²) in [7, 11) is 3.46. The molecule has 0 fully saturated rings. The molecule has 0 aliphatic heterocycles. The molecule has 1 heterocycles. The number of aromatic nitrogens is 2. The SMILES string of the molecule is CNC(=O)c1ccc(Nc2ccc3c(c2)nc(C(C)(C)C)n3C)c([N+](=O)[O-])c1. The quantitative estimate of drug-likeness (QED) is 0.527. The van der Waals surface area contributed by atoms with Crippen molar-refractivity contribution in [3.8, 4) is 0 Å². The molecule has 28 heavy (non-hydrogen) atoms. The van der Waals surface area contributed by atoms with E-state index in [0.717, 1.165) is 16.9 Å². The zero-order chi connectivity index (χ0) is 20.6. The van der Waals surface area contributed by atoms with Gasteiger partial charge in [0.1, 0.15) is 11.5 Å². The van der Waals surface area contributed by atoms with Gasteiger partial charge in [0, 0.05) is 36.8 Å². The first-order valence-electron chi connectivity index (χ1n) is 8.86. The van der Waals surface area contributed by atoms with Gasteiger partial charge < -0.3 is 15.2 Å². The number of imidazole rings is 1. The predicted octanol–water partition coefficient (Wildman–Crippen LogP) is 3.88. The topological polar surface area (TPSA) is 102 Å². The minimum atomic E-state index is -0.508. The molecule has 3 rings (SSSR count). The number of nitro benzene ring substituents is 1. The molecule has 0 saturated carbocycles. The van der Waals surface area contributed by atoms with E-state index in [2.05, 4.69) is 36.0 Å². The number of anilines is 2. The Labute approximate surface area is 162 Å². The van der Waals surface area contributed by atoms with Crippen LogP contribution in [0.4, 0.5) is 17.1 Å². The van der Waals surface area contributed by atoms with Crippen LogP contribution >= 0.6 is 0 Å². The molecule has 0 saturated heterocycles. The summed E-state index contributed by atoms with van der Waals surface area (Å²) in [6.07, 6.45) is 0. The first-order chi connectivity index (χ1) is 13.1. The molecule has 2 N–H and O–H groups in total. The van der Waals surface area contributed by atoms with E-state index in [1.54, 1.807) is 6.07 Å². The van der Waals surface area contributed by atoms with Crippen molar-refractivity contribution in [3.63, 3.8) is 0 Å². The Kier molecular flexibility index (Phi) is 4.80. The first-order valence-corrected chi connectivity index (χ1v) is 8.86. The van der Waals surface area contributed by atoms with Crippen molar-refractivity contribution < 1.29 is 9.72 Å². The van der Waals surface area contributed by atoms with Crippen molar-refractivity contribution in [2.45, 2.75) is 26.2 Å². The highest BCUT2D eigenvalue weighted by molar-refractivity contribution is 5.95. The Morgan fingerprint density at radius 1 is 1.18 bits per heavy atom. The Hall–Kier alpha value is -3.42. The van der Waals surface area contributed by atoms with E-state index in [4.69, 9.17) is 4.98 Å². The summed E-state index contributed by atoms with van der Waals surface area (Å²) < 4.78 is 2.06. The lowest BCUT2D eigenvalue weighted by atomic mass is 9.96. The summed E-state index contributed by atoms with van der Waals surface area (Å²) in [6, 6.07) is 9.99. The average Bonchev–Trinajstić information content (AvgIpc) is 2.97. The van der Waals surface area contributed by atoms with Crippen LogP contribution in [0.5, 0.6) is 0 Å². The van der Waals surface area contributed by atoms with E-state index < -0.39 is 4.92 Å². The van der Waals surface area contributed by atoms with Crippen LogP contribution in [0.25, 0.3) is 11.0 Å². The second kappa shape index (κ2) is 6.95. The molecule has 0 atom stereocenters. The average molecular weight is 381 g/mol. The molecule has 1 aromatic heterocycles. The predicted molar refractivity (Wildman–Crippen MR) is 109 cm³/mol. The molecule has 8 heteroatoms. The zero-order valence-electron chi connectivity index (χ0n) is 16.5. The molecule has 0 spiro atoms. The van der Waals surface area contributed by atoms with Crippen LogP contribution in [0.15, 0.2) is 36.4 Å². The molecule has 3 aromatic rings. The molecule has 0 unspecified atom stereocenters. The molecule has 0 radical (unpaired) electrons. The number of nitro groups is 1. The van der Waals surface area contributed by atoms with E-state index >= 15 is 0 Å². The minimum absolute atomic E-state index is 0.101. The second-order valence-corrected chi connectivity index (χ2v) is 7.64. The summed E-state index contributed by atoms with van der Waals surface area (Å²) in [5.41, 5.74) is 2.75. The number of fused-ring (bicyclic) bond motifs is 1. The Morgan fingerprint density at radius 2 is 1.89 bits per heavy atom. The van der Waals surface area contributed by atoms with Crippen LogP contribution in [0, 0.1) is 10.1 Å². The lowest BCUT2D eigenvalue weighted by Gasteiger charge is -2.17. The Morgan fingerprint density at radius 3 is 2.50 bits per heavy atom. The van der Waals surface area contributed by atoms with Crippen molar-refractivity contribution in [3.05, 3.63) is 57.9 Å². The number of carbonyl (C=O) groups excluding carboxylic acids is 1. The van der Waals surface area contributed by atoms with Crippen molar-refractivity contribution >= 4 is 34.0 Å². The van der Waals surface area contributed by atoms with E-state index in [1.165, 1.54) is 19.2 Å². The molecule has 8 nitrogen and oxygen atoms in total. The number of amides is 1. The van der Waals surface area contributed by atoms with Gasteiger partial charge in [-0.05, 0) is 30.3 Å². The lowest BCUT2D eigenvalue weighted by molar-refractivity contribution is -0.383. The number of hydrogen-bond donors (Lipinski definition) is 2. The van der Waals surface area contributed by atoms with Gasteiger partial charge in [0.2, 0.25) is 0 Å². The zero-order valence-corrected chi connectivity index (χ0v) is 16.5. The van der Waals surface area contributed by atoms with Crippen LogP contribution in [0.1, 0.15) is 37.0 Å². The minimum Gasteiger partial charge on any atom is -0.355 e. The Balaban J connectivity index is 2.00. The second-order valence-electron chi connectivity index (χ2n) is 7.64. The van der Waals surface area contributed by atoms with Gasteiger partial charge in [-0.2, -0.15) is 0 Å². The summed E-state index contributed by atoms with van der Waals surface area (Å²) in [6.45, 7) is 6.31. The Bertz CT molecular complexity index is 1080. The third-order valence-corrected chi connectivity index (χ3v) is 4.51. The number of carbonyl (C=O) groups is 1. The molecule has 2 aromatic carbocycles. The summed E-state index contributed by atoms with van der Waals surface area (Å²) in [5, 5.41) is 17.0. The fourth-order valence-electron chi connectivity index (χ4n) is 3.18. The van der Waals surface area contributed by atoms with Gasteiger partial charge in [-0.25, -0.2) is 4.98 Å². The highest BCUT2D eigenvalue weighted by atomic mass is 16.6. The number of nitrogens with zero attached hydrogens (tertiary/aromatic N) is 3. The normalized spacial score (nSPS) is 11.5. The van der Waals surface area contributed by atoms with E-state index in [9.17, 15) is 14.9 Å². The van der Waals surface area contributed by atoms with Crippen LogP contribution in [-0.4, -0.2) is 27.4 Å². The van der Waals surface area contributed by atoms with Gasteiger partial charge >= 0.3 is 0 Å². The van der Waals surface area contributed by atoms with Crippen molar-refractivity contribution in [1.82, 2.24) is 14.9 Å². The highest BCUT2D eigenvalue weighted by Crippen LogP contribution is 2.31. The van der Waals surface area contributed by atoms with Crippen LogP contribution in [0.2, 0.25) is 0 Å². The fourth-order valence-corrected chi connectivity index (χ4v) is 3.18. The number of hydrogen-bond acceptors (Lipinski definition) is 5. The number of nitrogens with one attached hydrogen (secondary N) is 2. The molecule has 146 valence electrons. The van der Waals surface area contributed by atoms with Gasteiger partial charge in [-0.15, -0.1) is 0 Å². The number of rotatable bonds is 4. The fraction of sp³-hybridized carbons (Fsp3) is 0.300.